The van der Waals surface area contributed by atoms with E-state index >= 15 is 0 Å². The second-order valence-electron chi connectivity index (χ2n) is 4.38. The zero-order chi connectivity index (χ0) is 14.5. The molecular formula is C16H16FNO2. The van der Waals surface area contributed by atoms with E-state index in [1.807, 2.05) is 18.2 Å². The molecule has 0 bridgehead atoms. The highest BCUT2D eigenvalue weighted by atomic mass is 19.1. The van der Waals surface area contributed by atoms with Crippen molar-refractivity contribution in [3.05, 3.63) is 66.0 Å². The van der Waals surface area contributed by atoms with Gasteiger partial charge >= 0.3 is 0 Å². The molecule has 0 saturated carbocycles. The van der Waals surface area contributed by atoms with Crippen LogP contribution in [0.1, 0.15) is 11.7 Å². The molecule has 104 valence electrons. The number of amides is 1. The van der Waals surface area contributed by atoms with Crippen LogP contribution >= 0.6 is 0 Å². The fraction of sp³-hybridized carbons (Fsp3) is 0.188. The van der Waals surface area contributed by atoms with Crippen LogP contribution in [0.4, 0.5) is 10.1 Å². The maximum Gasteiger partial charge on any atom is 0.260 e. The number of para-hydroxylation sites is 1. The van der Waals surface area contributed by atoms with Gasteiger partial charge in [0, 0.05) is 14.2 Å². The van der Waals surface area contributed by atoms with Gasteiger partial charge in [0.05, 0.1) is 5.69 Å². The van der Waals surface area contributed by atoms with E-state index < -0.39 is 11.9 Å². The van der Waals surface area contributed by atoms with Gasteiger partial charge in [0.2, 0.25) is 0 Å². The van der Waals surface area contributed by atoms with Crippen molar-refractivity contribution >= 4 is 11.6 Å². The topological polar surface area (TPSA) is 29.5 Å². The number of likely N-dealkylation sites (N-methyl/N-ethyl adjacent to an activating group) is 1. The lowest BCUT2D eigenvalue weighted by Crippen LogP contribution is -2.33. The van der Waals surface area contributed by atoms with Gasteiger partial charge in [-0.15, -0.1) is 0 Å². The molecule has 0 aromatic heterocycles. The molecule has 0 fully saturated rings. The standard InChI is InChI=1S/C16H16FNO2/c1-18(14-11-7-6-10-13(14)17)16(19)15(20-2)12-8-4-3-5-9-12/h3-11,15H,1-2H3. The predicted molar refractivity (Wildman–Crippen MR) is 76.0 cm³/mol. The number of hydrogen-bond donors (Lipinski definition) is 0. The van der Waals surface area contributed by atoms with E-state index in [4.69, 9.17) is 4.74 Å². The maximum atomic E-state index is 13.7. The highest BCUT2D eigenvalue weighted by Gasteiger charge is 2.25. The van der Waals surface area contributed by atoms with Crippen LogP contribution in [-0.2, 0) is 9.53 Å². The van der Waals surface area contributed by atoms with E-state index in [0.717, 1.165) is 5.56 Å². The largest absolute Gasteiger partial charge is 0.367 e. The summed E-state index contributed by atoms with van der Waals surface area (Å²) in [4.78, 5) is 13.7. The Bertz CT molecular complexity index is 586. The lowest BCUT2D eigenvalue weighted by atomic mass is 10.1. The monoisotopic (exact) mass is 273 g/mol. The molecule has 1 amide bonds. The lowest BCUT2D eigenvalue weighted by molar-refractivity contribution is -0.128. The van der Waals surface area contributed by atoms with Crippen molar-refractivity contribution in [2.75, 3.05) is 19.1 Å². The zero-order valence-corrected chi connectivity index (χ0v) is 11.4. The van der Waals surface area contributed by atoms with Crippen LogP contribution in [0.25, 0.3) is 0 Å². The highest BCUT2D eigenvalue weighted by molar-refractivity contribution is 5.96. The molecular weight excluding hydrogens is 257 g/mol. The van der Waals surface area contributed by atoms with Gasteiger partial charge in [-0.2, -0.15) is 0 Å². The summed E-state index contributed by atoms with van der Waals surface area (Å²) < 4.78 is 19.0. The third kappa shape index (κ3) is 2.86. The molecule has 0 N–H and O–H groups in total. The molecule has 1 unspecified atom stereocenters. The number of anilines is 1. The van der Waals surface area contributed by atoms with Crippen molar-refractivity contribution < 1.29 is 13.9 Å². The zero-order valence-electron chi connectivity index (χ0n) is 11.4. The summed E-state index contributed by atoms with van der Waals surface area (Å²) in [5.41, 5.74) is 0.971. The average molecular weight is 273 g/mol. The number of rotatable bonds is 4. The molecule has 0 saturated heterocycles. The minimum Gasteiger partial charge on any atom is -0.367 e. The molecule has 0 heterocycles. The molecule has 1 atom stereocenters. The number of nitrogens with zero attached hydrogens (tertiary/aromatic N) is 1. The fourth-order valence-corrected chi connectivity index (χ4v) is 2.03. The Kier molecular flexibility index (Phi) is 4.48. The van der Waals surface area contributed by atoms with Crippen molar-refractivity contribution in [1.82, 2.24) is 0 Å². The molecule has 2 aromatic rings. The number of carbonyl (C=O) groups is 1. The first-order chi connectivity index (χ1) is 9.65. The molecule has 20 heavy (non-hydrogen) atoms. The number of benzene rings is 2. The van der Waals surface area contributed by atoms with E-state index in [1.54, 1.807) is 30.3 Å². The number of carbonyl (C=O) groups excluding carboxylic acids is 1. The molecule has 0 aliphatic carbocycles. The third-order valence-corrected chi connectivity index (χ3v) is 3.11. The van der Waals surface area contributed by atoms with Crippen molar-refractivity contribution in [2.24, 2.45) is 0 Å². The molecule has 0 aliphatic rings. The highest BCUT2D eigenvalue weighted by Crippen LogP contribution is 2.24. The third-order valence-electron chi connectivity index (χ3n) is 3.11. The van der Waals surface area contributed by atoms with Gasteiger partial charge in [-0.1, -0.05) is 42.5 Å². The Labute approximate surface area is 117 Å². The van der Waals surface area contributed by atoms with Gasteiger partial charge in [0.1, 0.15) is 5.82 Å². The normalized spacial score (nSPS) is 11.9. The average Bonchev–Trinajstić information content (AvgIpc) is 2.49. The van der Waals surface area contributed by atoms with Crippen LogP contribution < -0.4 is 4.90 Å². The Balaban J connectivity index is 2.28. The predicted octanol–water partition coefficient (Wildman–Crippen LogP) is 3.18. The van der Waals surface area contributed by atoms with E-state index in [9.17, 15) is 9.18 Å². The number of hydrogen-bond acceptors (Lipinski definition) is 2. The Hall–Kier alpha value is -2.20. The van der Waals surface area contributed by atoms with Crippen LogP contribution in [0.2, 0.25) is 0 Å². The summed E-state index contributed by atoms with van der Waals surface area (Å²) in [7, 11) is 3.00. The fourth-order valence-electron chi connectivity index (χ4n) is 2.03. The second kappa shape index (κ2) is 6.30. The second-order valence-corrected chi connectivity index (χ2v) is 4.38. The Morgan fingerprint density at radius 1 is 1.10 bits per heavy atom. The molecule has 2 rings (SSSR count). The number of halogens is 1. The summed E-state index contributed by atoms with van der Waals surface area (Å²) in [5.74, 6) is -0.755. The molecule has 4 heteroatoms. The Morgan fingerprint density at radius 2 is 1.70 bits per heavy atom. The molecule has 0 aliphatic heterocycles. The van der Waals surface area contributed by atoms with Gasteiger partial charge in [0.25, 0.3) is 5.91 Å². The summed E-state index contributed by atoms with van der Waals surface area (Å²) in [6, 6.07) is 15.3. The minimum absolute atomic E-state index is 0.232. The number of methoxy groups -OCH3 is 1. The van der Waals surface area contributed by atoms with Crippen molar-refractivity contribution in [1.29, 1.82) is 0 Å². The molecule has 3 nitrogen and oxygen atoms in total. The van der Waals surface area contributed by atoms with Crippen molar-refractivity contribution in [2.45, 2.75) is 6.10 Å². The van der Waals surface area contributed by atoms with Crippen LogP contribution in [0.5, 0.6) is 0 Å². The SMILES string of the molecule is COC(C(=O)N(C)c1ccccc1F)c1ccccc1. The van der Waals surface area contributed by atoms with E-state index in [-0.39, 0.29) is 11.6 Å². The van der Waals surface area contributed by atoms with Gasteiger partial charge in [-0.05, 0) is 17.7 Å². The quantitative estimate of drug-likeness (QED) is 0.856. The lowest BCUT2D eigenvalue weighted by Gasteiger charge is -2.23. The summed E-state index contributed by atoms with van der Waals surface area (Å²) in [6.07, 6.45) is -0.749. The maximum absolute atomic E-state index is 13.7. The van der Waals surface area contributed by atoms with Crippen LogP contribution in [0.3, 0.4) is 0 Å². The minimum atomic E-state index is -0.749. The molecule has 0 spiro atoms. The summed E-state index contributed by atoms with van der Waals surface area (Å²) in [5, 5.41) is 0. The van der Waals surface area contributed by atoms with Crippen LogP contribution in [0, 0.1) is 5.82 Å². The first-order valence-corrected chi connectivity index (χ1v) is 6.25. The molecule has 2 aromatic carbocycles. The van der Waals surface area contributed by atoms with Crippen molar-refractivity contribution in [3.8, 4) is 0 Å². The van der Waals surface area contributed by atoms with E-state index in [2.05, 4.69) is 0 Å². The van der Waals surface area contributed by atoms with Crippen LogP contribution in [0.15, 0.2) is 54.6 Å². The van der Waals surface area contributed by atoms with Gasteiger partial charge in [-0.3, -0.25) is 4.79 Å². The van der Waals surface area contributed by atoms with E-state index in [1.165, 1.54) is 25.1 Å². The van der Waals surface area contributed by atoms with Gasteiger partial charge in [0.15, 0.2) is 6.10 Å². The smallest absolute Gasteiger partial charge is 0.260 e. The van der Waals surface area contributed by atoms with Gasteiger partial charge < -0.3 is 9.64 Å². The number of ether oxygens (including phenoxy) is 1. The molecule has 0 radical (unpaired) electrons. The summed E-state index contributed by atoms with van der Waals surface area (Å²) >= 11 is 0. The van der Waals surface area contributed by atoms with Crippen molar-refractivity contribution in [3.63, 3.8) is 0 Å². The Morgan fingerprint density at radius 3 is 2.30 bits per heavy atom. The summed E-state index contributed by atoms with van der Waals surface area (Å²) in [6.45, 7) is 0. The van der Waals surface area contributed by atoms with Crippen LogP contribution in [-0.4, -0.2) is 20.1 Å². The van der Waals surface area contributed by atoms with Gasteiger partial charge in [-0.25, -0.2) is 4.39 Å². The first kappa shape index (κ1) is 14.2. The first-order valence-electron chi connectivity index (χ1n) is 6.25. The van der Waals surface area contributed by atoms with E-state index in [0.29, 0.717) is 0 Å².